The van der Waals surface area contributed by atoms with Crippen molar-refractivity contribution in [2.24, 2.45) is 0 Å². The van der Waals surface area contributed by atoms with Crippen molar-refractivity contribution in [1.82, 2.24) is 5.32 Å². The van der Waals surface area contributed by atoms with Crippen LogP contribution in [0.4, 0.5) is 8.78 Å². The fourth-order valence-corrected chi connectivity index (χ4v) is 1.88. The van der Waals surface area contributed by atoms with Crippen molar-refractivity contribution < 1.29 is 8.78 Å². The Labute approximate surface area is 95.9 Å². The maximum absolute atomic E-state index is 12.9. The van der Waals surface area contributed by atoms with Gasteiger partial charge in [-0.15, -0.1) is 0 Å². The molecule has 1 N–H and O–H groups in total. The van der Waals surface area contributed by atoms with E-state index in [-0.39, 0.29) is 0 Å². The smallest absolute Gasteiger partial charge is 0.126 e. The molecule has 1 atom stereocenters. The quantitative estimate of drug-likeness (QED) is 0.786. The minimum atomic E-state index is -0.494. The van der Waals surface area contributed by atoms with Crippen LogP contribution in [0.15, 0.2) is 18.2 Å². The van der Waals surface area contributed by atoms with Crippen molar-refractivity contribution in [2.75, 3.05) is 7.05 Å². The Morgan fingerprint density at radius 3 is 2.25 bits per heavy atom. The van der Waals surface area contributed by atoms with Gasteiger partial charge in [0, 0.05) is 12.1 Å². The summed E-state index contributed by atoms with van der Waals surface area (Å²) in [5, 5.41) is 3.21. The number of rotatable bonds is 6. The van der Waals surface area contributed by atoms with E-state index in [0.717, 1.165) is 30.9 Å². The maximum Gasteiger partial charge on any atom is 0.126 e. The van der Waals surface area contributed by atoms with Gasteiger partial charge >= 0.3 is 0 Å². The van der Waals surface area contributed by atoms with Crippen molar-refractivity contribution in [3.8, 4) is 0 Å². The van der Waals surface area contributed by atoms with Crippen LogP contribution in [0, 0.1) is 11.6 Å². The molecule has 1 nitrogen and oxygen atoms in total. The Bertz CT molecular complexity index is 305. The number of hydrogen-bond acceptors (Lipinski definition) is 1. The van der Waals surface area contributed by atoms with Gasteiger partial charge in [0.15, 0.2) is 0 Å². The van der Waals surface area contributed by atoms with E-state index >= 15 is 0 Å². The molecule has 90 valence electrons. The zero-order valence-electron chi connectivity index (χ0n) is 9.89. The highest BCUT2D eigenvalue weighted by molar-refractivity contribution is 5.18. The van der Waals surface area contributed by atoms with E-state index < -0.39 is 11.6 Å². The Balaban J connectivity index is 2.52. The molecule has 0 aromatic heterocycles. The molecule has 0 aliphatic rings. The lowest BCUT2D eigenvalue weighted by atomic mass is 10.0. The summed E-state index contributed by atoms with van der Waals surface area (Å²) in [5.74, 6) is -0.988. The van der Waals surface area contributed by atoms with E-state index in [0.29, 0.717) is 12.5 Å². The highest BCUT2D eigenvalue weighted by Gasteiger charge is 2.06. The normalized spacial score (nSPS) is 12.8. The van der Waals surface area contributed by atoms with Crippen LogP contribution >= 0.6 is 0 Å². The molecule has 0 amide bonds. The first kappa shape index (κ1) is 13.1. The summed E-state index contributed by atoms with van der Waals surface area (Å²) in [4.78, 5) is 0. The van der Waals surface area contributed by atoms with Crippen LogP contribution in [-0.2, 0) is 6.42 Å². The van der Waals surface area contributed by atoms with E-state index in [4.69, 9.17) is 0 Å². The fourth-order valence-electron chi connectivity index (χ4n) is 1.88. The van der Waals surface area contributed by atoms with Crippen LogP contribution in [0.2, 0.25) is 0 Å². The third-order valence-electron chi connectivity index (χ3n) is 2.75. The van der Waals surface area contributed by atoms with E-state index in [1.807, 2.05) is 7.05 Å². The zero-order valence-corrected chi connectivity index (χ0v) is 9.89. The summed E-state index contributed by atoms with van der Waals surface area (Å²) in [7, 11) is 1.92. The summed E-state index contributed by atoms with van der Waals surface area (Å²) < 4.78 is 25.9. The molecule has 3 heteroatoms. The molecule has 16 heavy (non-hydrogen) atoms. The summed E-state index contributed by atoms with van der Waals surface area (Å²) in [6, 6.07) is 4.14. The Morgan fingerprint density at radius 1 is 1.12 bits per heavy atom. The van der Waals surface area contributed by atoms with E-state index in [9.17, 15) is 8.78 Å². The van der Waals surface area contributed by atoms with Crippen LogP contribution < -0.4 is 5.32 Å². The van der Waals surface area contributed by atoms with Gasteiger partial charge in [0.1, 0.15) is 11.6 Å². The van der Waals surface area contributed by atoms with Crippen molar-refractivity contribution in [3.63, 3.8) is 0 Å². The third-order valence-corrected chi connectivity index (χ3v) is 2.75. The van der Waals surface area contributed by atoms with Gasteiger partial charge in [0.05, 0.1) is 0 Å². The van der Waals surface area contributed by atoms with Crippen LogP contribution in [0.3, 0.4) is 0 Å². The van der Waals surface area contributed by atoms with Gasteiger partial charge in [-0.3, -0.25) is 0 Å². The molecule has 0 bridgehead atoms. The molecule has 0 aliphatic heterocycles. The molecular formula is C13H19F2N. The minimum Gasteiger partial charge on any atom is -0.317 e. The van der Waals surface area contributed by atoms with Crippen molar-refractivity contribution in [1.29, 1.82) is 0 Å². The number of benzene rings is 1. The number of nitrogens with one attached hydrogen (secondary N) is 1. The monoisotopic (exact) mass is 227 g/mol. The molecule has 0 saturated heterocycles. The molecule has 1 rings (SSSR count). The zero-order chi connectivity index (χ0) is 12.0. The van der Waals surface area contributed by atoms with Crippen molar-refractivity contribution in [2.45, 2.75) is 38.6 Å². The van der Waals surface area contributed by atoms with E-state index in [1.54, 1.807) is 0 Å². The molecule has 0 heterocycles. The number of hydrogen-bond donors (Lipinski definition) is 1. The standard InChI is InChI=1S/C13H19F2N/c1-3-4-13(16-2)6-5-10-7-11(14)9-12(15)8-10/h7-9,13,16H,3-6H2,1-2H3. The first-order valence-corrected chi connectivity index (χ1v) is 5.78. The van der Waals surface area contributed by atoms with Gasteiger partial charge in [0.2, 0.25) is 0 Å². The first-order valence-electron chi connectivity index (χ1n) is 5.78. The van der Waals surface area contributed by atoms with Gasteiger partial charge in [-0.1, -0.05) is 13.3 Å². The van der Waals surface area contributed by atoms with Crippen LogP contribution in [0.1, 0.15) is 31.7 Å². The SMILES string of the molecule is CCCC(CCc1cc(F)cc(F)c1)NC. The highest BCUT2D eigenvalue weighted by atomic mass is 19.1. The van der Waals surface area contributed by atoms with Crippen LogP contribution in [-0.4, -0.2) is 13.1 Å². The molecule has 0 fully saturated rings. The molecule has 0 radical (unpaired) electrons. The summed E-state index contributed by atoms with van der Waals surface area (Å²) >= 11 is 0. The second kappa shape index (κ2) is 6.59. The molecular weight excluding hydrogens is 208 g/mol. The van der Waals surface area contributed by atoms with Crippen LogP contribution in [0.5, 0.6) is 0 Å². The average molecular weight is 227 g/mol. The average Bonchev–Trinajstić information content (AvgIpc) is 2.23. The van der Waals surface area contributed by atoms with Gasteiger partial charge in [0.25, 0.3) is 0 Å². The van der Waals surface area contributed by atoms with Gasteiger partial charge in [-0.2, -0.15) is 0 Å². The second-order valence-corrected chi connectivity index (χ2v) is 4.09. The maximum atomic E-state index is 12.9. The largest absolute Gasteiger partial charge is 0.317 e. The van der Waals surface area contributed by atoms with E-state index in [2.05, 4.69) is 12.2 Å². The van der Waals surface area contributed by atoms with Crippen molar-refractivity contribution in [3.05, 3.63) is 35.4 Å². The van der Waals surface area contributed by atoms with Crippen molar-refractivity contribution >= 4 is 0 Å². The fraction of sp³-hybridized carbons (Fsp3) is 0.538. The Kier molecular flexibility index (Phi) is 5.39. The molecule has 0 saturated carbocycles. The Hall–Kier alpha value is -0.960. The molecule has 1 unspecified atom stereocenters. The van der Waals surface area contributed by atoms with Crippen LogP contribution in [0.25, 0.3) is 0 Å². The predicted molar refractivity (Wildman–Crippen MR) is 62.4 cm³/mol. The highest BCUT2D eigenvalue weighted by Crippen LogP contribution is 2.12. The topological polar surface area (TPSA) is 12.0 Å². The minimum absolute atomic E-state index is 0.427. The molecule has 0 aliphatic carbocycles. The summed E-state index contributed by atoms with van der Waals surface area (Å²) in [5.41, 5.74) is 0.730. The number of halogens is 2. The Morgan fingerprint density at radius 2 is 1.75 bits per heavy atom. The molecule has 1 aromatic carbocycles. The lowest BCUT2D eigenvalue weighted by molar-refractivity contribution is 0.482. The molecule has 1 aromatic rings. The van der Waals surface area contributed by atoms with Gasteiger partial charge < -0.3 is 5.32 Å². The first-order chi connectivity index (χ1) is 7.65. The lowest BCUT2D eigenvalue weighted by Crippen LogP contribution is -2.25. The van der Waals surface area contributed by atoms with Gasteiger partial charge in [-0.25, -0.2) is 8.78 Å². The summed E-state index contributed by atoms with van der Waals surface area (Å²) in [6.45, 7) is 2.13. The molecule has 0 spiro atoms. The summed E-state index contributed by atoms with van der Waals surface area (Å²) in [6.07, 6.45) is 3.82. The van der Waals surface area contributed by atoms with Gasteiger partial charge in [-0.05, 0) is 44.0 Å². The second-order valence-electron chi connectivity index (χ2n) is 4.09. The third kappa shape index (κ3) is 4.27. The van der Waals surface area contributed by atoms with E-state index in [1.165, 1.54) is 12.1 Å². The predicted octanol–water partition coefficient (Wildman–Crippen LogP) is 3.29. The lowest BCUT2D eigenvalue weighted by Gasteiger charge is -2.14. The number of aryl methyl sites for hydroxylation is 1.